The van der Waals surface area contributed by atoms with Gasteiger partial charge in [0, 0.05) is 10.0 Å². The lowest BCUT2D eigenvalue weighted by molar-refractivity contribution is 0.630. The molecule has 0 saturated carbocycles. The molecule has 0 bridgehead atoms. The second-order valence-electron chi connectivity index (χ2n) is 4.80. The number of H-pyrrole nitrogens is 1. The average molecular weight is 338 g/mol. The van der Waals surface area contributed by atoms with Crippen LogP contribution in [0.2, 0.25) is 0 Å². The van der Waals surface area contributed by atoms with E-state index in [-0.39, 0.29) is 17.2 Å². The summed E-state index contributed by atoms with van der Waals surface area (Å²) in [7, 11) is 0. The predicted molar refractivity (Wildman–Crippen MR) is 78.9 cm³/mol. The van der Waals surface area contributed by atoms with Crippen LogP contribution in [0.5, 0.6) is 0 Å². The number of aromatic nitrogens is 2. The van der Waals surface area contributed by atoms with Gasteiger partial charge in [-0.15, -0.1) is 0 Å². The highest BCUT2D eigenvalue weighted by atomic mass is 79.9. The van der Waals surface area contributed by atoms with Crippen molar-refractivity contribution in [2.45, 2.75) is 25.7 Å². The van der Waals surface area contributed by atoms with E-state index in [0.29, 0.717) is 4.47 Å². The lowest BCUT2D eigenvalue weighted by Gasteiger charge is -2.15. The molecule has 0 radical (unpaired) electrons. The topological polar surface area (TPSA) is 57.8 Å². The Bertz CT molecular complexity index is 714. The molecule has 2 aromatic rings. The Morgan fingerprint density at radius 3 is 2.90 bits per heavy atom. The van der Waals surface area contributed by atoms with Crippen molar-refractivity contribution in [1.82, 2.24) is 9.97 Å². The van der Waals surface area contributed by atoms with Gasteiger partial charge in [-0.25, -0.2) is 9.37 Å². The van der Waals surface area contributed by atoms with E-state index in [4.69, 9.17) is 0 Å². The van der Waals surface area contributed by atoms with E-state index in [1.54, 1.807) is 12.1 Å². The minimum absolute atomic E-state index is 0.130. The Labute approximate surface area is 123 Å². The predicted octanol–water partition coefficient (Wildman–Crippen LogP) is 3.29. The van der Waals surface area contributed by atoms with Crippen molar-refractivity contribution < 1.29 is 4.39 Å². The van der Waals surface area contributed by atoms with Crippen molar-refractivity contribution >= 4 is 27.6 Å². The zero-order valence-corrected chi connectivity index (χ0v) is 12.3. The summed E-state index contributed by atoms with van der Waals surface area (Å²) in [5.41, 5.74) is 1.74. The number of rotatable bonds is 2. The third kappa shape index (κ3) is 2.60. The van der Waals surface area contributed by atoms with Crippen LogP contribution in [-0.4, -0.2) is 9.97 Å². The first kappa shape index (κ1) is 13.3. The van der Waals surface area contributed by atoms with E-state index in [2.05, 4.69) is 31.2 Å². The third-order valence-corrected chi connectivity index (χ3v) is 3.87. The number of nitrogens with one attached hydrogen (secondary N) is 2. The number of anilines is 2. The van der Waals surface area contributed by atoms with Gasteiger partial charge >= 0.3 is 0 Å². The molecule has 4 nitrogen and oxygen atoms in total. The molecule has 1 aliphatic rings. The van der Waals surface area contributed by atoms with E-state index in [1.807, 2.05) is 0 Å². The molecule has 0 amide bonds. The van der Waals surface area contributed by atoms with Gasteiger partial charge in [0.2, 0.25) is 5.95 Å². The first-order valence-corrected chi connectivity index (χ1v) is 7.27. The van der Waals surface area contributed by atoms with Gasteiger partial charge in [-0.05, 0) is 43.9 Å². The van der Waals surface area contributed by atoms with Crippen molar-refractivity contribution in [3.63, 3.8) is 0 Å². The Kier molecular flexibility index (Phi) is 3.56. The summed E-state index contributed by atoms with van der Waals surface area (Å²) in [5, 5.41) is 2.83. The van der Waals surface area contributed by atoms with E-state index >= 15 is 0 Å². The summed E-state index contributed by atoms with van der Waals surface area (Å²) in [6.07, 6.45) is 3.63. The van der Waals surface area contributed by atoms with Crippen molar-refractivity contribution in [2.24, 2.45) is 0 Å². The Hall–Kier alpha value is -1.69. The molecule has 0 saturated heterocycles. The van der Waals surface area contributed by atoms with Gasteiger partial charge in [-0.3, -0.25) is 9.78 Å². The molecule has 6 heteroatoms. The van der Waals surface area contributed by atoms with Crippen LogP contribution in [0, 0.1) is 5.82 Å². The van der Waals surface area contributed by atoms with Crippen LogP contribution < -0.4 is 10.9 Å². The van der Waals surface area contributed by atoms with Crippen molar-refractivity contribution in [2.75, 3.05) is 5.32 Å². The number of hydrogen-bond donors (Lipinski definition) is 2. The summed E-state index contributed by atoms with van der Waals surface area (Å²) >= 11 is 3.20. The average Bonchev–Trinajstić information content (AvgIpc) is 2.42. The molecular formula is C14H13BrFN3O. The maximum Gasteiger partial charge on any atom is 0.255 e. The van der Waals surface area contributed by atoms with Gasteiger partial charge in [-0.1, -0.05) is 15.9 Å². The number of nitrogens with zero attached hydrogens (tertiary/aromatic N) is 1. The zero-order valence-electron chi connectivity index (χ0n) is 10.7. The van der Waals surface area contributed by atoms with Gasteiger partial charge in [0.25, 0.3) is 5.56 Å². The summed E-state index contributed by atoms with van der Waals surface area (Å²) in [4.78, 5) is 19.0. The second kappa shape index (κ2) is 5.36. The minimum Gasteiger partial charge on any atom is -0.323 e. The fraction of sp³-hybridized carbons (Fsp3) is 0.286. The number of aryl methyl sites for hydroxylation is 1. The fourth-order valence-corrected chi connectivity index (χ4v) is 2.71. The molecule has 0 aliphatic heterocycles. The number of hydrogen-bond acceptors (Lipinski definition) is 3. The lowest BCUT2D eigenvalue weighted by atomic mass is 9.97. The molecule has 0 unspecified atom stereocenters. The number of benzene rings is 1. The summed E-state index contributed by atoms with van der Waals surface area (Å²) < 4.78 is 14.4. The minimum atomic E-state index is -0.403. The number of aromatic amines is 1. The molecule has 1 heterocycles. The molecule has 2 N–H and O–H groups in total. The van der Waals surface area contributed by atoms with E-state index in [0.717, 1.165) is 36.9 Å². The van der Waals surface area contributed by atoms with Gasteiger partial charge in [0.1, 0.15) is 5.82 Å². The van der Waals surface area contributed by atoms with Crippen LogP contribution in [0.25, 0.3) is 0 Å². The number of halogens is 2. The molecule has 0 fully saturated rings. The normalized spacial score (nSPS) is 13.9. The third-order valence-electron chi connectivity index (χ3n) is 3.38. The highest BCUT2D eigenvalue weighted by Gasteiger charge is 2.16. The highest BCUT2D eigenvalue weighted by molar-refractivity contribution is 9.10. The molecule has 0 spiro atoms. The van der Waals surface area contributed by atoms with E-state index in [9.17, 15) is 9.18 Å². The quantitative estimate of drug-likeness (QED) is 0.883. The second-order valence-corrected chi connectivity index (χ2v) is 5.71. The van der Waals surface area contributed by atoms with Crippen molar-refractivity contribution in [3.05, 3.63) is 50.1 Å². The molecule has 1 aliphatic carbocycles. The van der Waals surface area contributed by atoms with Crippen LogP contribution in [0.4, 0.5) is 16.0 Å². The summed E-state index contributed by atoms with van der Waals surface area (Å²) in [6.45, 7) is 0. The fourth-order valence-electron chi connectivity index (χ4n) is 2.38. The largest absolute Gasteiger partial charge is 0.323 e. The maximum atomic E-state index is 13.8. The summed E-state index contributed by atoms with van der Waals surface area (Å²) in [6, 6.07) is 4.68. The first-order valence-electron chi connectivity index (χ1n) is 6.47. The van der Waals surface area contributed by atoms with Gasteiger partial charge in [0.05, 0.1) is 11.4 Å². The molecule has 104 valence electrons. The molecule has 20 heavy (non-hydrogen) atoms. The van der Waals surface area contributed by atoms with Gasteiger partial charge < -0.3 is 5.32 Å². The Morgan fingerprint density at radius 1 is 1.30 bits per heavy atom. The Balaban J connectivity index is 1.95. The lowest BCUT2D eigenvalue weighted by Crippen LogP contribution is -2.22. The van der Waals surface area contributed by atoms with Gasteiger partial charge in [-0.2, -0.15) is 0 Å². The van der Waals surface area contributed by atoms with Crippen LogP contribution in [0.15, 0.2) is 27.5 Å². The van der Waals surface area contributed by atoms with Gasteiger partial charge in [0.15, 0.2) is 0 Å². The maximum absolute atomic E-state index is 13.8. The van der Waals surface area contributed by atoms with Crippen LogP contribution in [-0.2, 0) is 12.8 Å². The van der Waals surface area contributed by atoms with E-state index in [1.165, 1.54) is 6.07 Å². The van der Waals surface area contributed by atoms with Crippen molar-refractivity contribution in [3.8, 4) is 0 Å². The van der Waals surface area contributed by atoms with Crippen LogP contribution >= 0.6 is 15.9 Å². The SMILES string of the molecule is O=c1[nH]c(Nc2ccc(Br)cc2F)nc2c1CCCC2. The van der Waals surface area contributed by atoms with Crippen LogP contribution in [0.1, 0.15) is 24.1 Å². The molecule has 1 aromatic carbocycles. The van der Waals surface area contributed by atoms with E-state index < -0.39 is 5.82 Å². The Morgan fingerprint density at radius 2 is 2.10 bits per heavy atom. The first-order chi connectivity index (χ1) is 9.63. The molecule has 3 rings (SSSR count). The summed E-state index contributed by atoms with van der Waals surface area (Å²) in [5.74, 6) is -0.114. The smallest absolute Gasteiger partial charge is 0.255 e. The molecule has 1 aromatic heterocycles. The standard InChI is InChI=1S/C14H13BrFN3O/c15-8-5-6-12(10(16)7-8)18-14-17-11-4-2-1-3-9(11)13(20)19-14/h5-7H,1-4H2,(H2,17,18,19,20). The number of fused-ring (bicyclic) bond motifs is 1. The van der Waals surface area contributed by atoms with Crippen molar-refractivity contribution in [1.29, 1.82) is 0 Å². The van der Waals surface area contributed by atoms with Crippen LogP contribution in [0.3, 0.4) is 0 Å². The molecular weight excluding hydrogens is 325 g/mol. The highest BCUT2D eigenvalue weighted by Crippen LogP contribution is 2.22. The monoisotopic (exact) mass is 337 g/mol. The molecule has 0 atom stereocenters. The zero-order chi connectivity index (χ0) is 14.1.